The van der Waals surface area contributed by atoms with E-state index in [1.165, 1.54) is 25.3 Å². The number of sulfonamides is 1. The quantitative estimate of drug-likeness (QED) is 0.404. The highest BCUT2D eigenvalue weighted by molar-refractivity contribution is 7.92. The zero-order chi connectivity index (χ0) is 25.6. The summed E-state index contributed by atoms with van der Waals surface area (Å²) in [5.41, 5.74) is 1.94. The van der Waals surface area contributed by atoms with E-state index in [9.17, 15) is 13.2 Å². The summed E-state index contributed by atoms with van der Waals surface area (Å²) in [5.74, 6) is 0.528. The minimum atomic E-state index is -4.11. The molecule has 0 aromatic heterocycles. The number of hydrogen-bond donors (Lipinski definition) is 1. The van der Waals surface area contributed by atoms with Crippen molar-refractivity contribution in [3.05, 3.63) is 82.9 Å². The second-order valence-corrected chi connectivity index (χ2v) is 10.2. The number of nitrogens with one attached hydrogen (secondary N) is 1. The molecule has 3 aromatic carbocycles. The third-order valence-corrected chi connectivity index (χ3v) is 7.38. The highest BCUT2D eigenvalue weighted by atomic mass is 35.5. The molecular formula is C26H29ClN2O5S. The topological polar surface area (TPSA) is 84.9 Å². The smallest absolute Gasteiger partial charge is 0.264 e. The Balaban J connectivity index is 1.91. The predicted molar refractivity (Wildman–Crippen MR) is 138 cm³/mol. The molecule has 0 spiro atoms. The van der Waals surface area contributed by atoms with E-state index in [4.69, 9.17) is 21.1 Å². The molecule has 7 nitrogen and oxygen atoms in total. The molecule has 0 bridgehead atoms. The molecule has 0 radical (unpaired) electrons. The minimum Gasteiger partial charge on any atom is -0.495 e. The van der Waals surface area contributed by atoms with E-state index in [1.54, 1.807) is 24.3 Å². The van der Waals surface area contributed by atoms with Crippen LogP contribution in [0.4, 0.5) is 5.69 Å². The molecule has 0 aliphatic carbocycles. The van der Waals surface area contributed by atoms with Gasteiger partial charge in [0.15, 0.2) is 0 Å². The van der Waals surface area contributed by atoms with Crippen LogP contribution in [0.3, 0.4) is 0 Å². The van der Waals surface area contributed by atoms with Crippen molar-refractivity contribution in [2.75, 3.05) is 24.6 Å². The summed E-state index contributed by atoms with van der Waals surface area (Å²) in [6.45, 7) is 5.69. The fourth-order valence-electron chi connectivity index (χ4n) is 3.52. The van der Waals surface area contributed by atoms with E-state index >= 15 is 0 Å². The number of anilines is 1. The summed E-state index contributed by atoms with van der Waals surface area (Å²) in [5, 5.41) is 3.19. The molecule has 0 heterocycles. The monoisotopic (exact) mass is 516 g/mol. The van der Waals surface area contributed by atoms with Crippen LogP contribution in [-0.2, 0) is 14.8 Å². The normalized spacial score (nSPS) is 12.0. The summed E-state index contributed by atoms with van der Waals surface area (Å²) in [6, 6.07) is 18.1. The van der Waals surface area contributed by atoms with Gasteiger partial charge in [-0.25, -0.2) is 8.42 Å². The first-order valence-electron chi connectivity index (χ1n) is 11.1. The van der Waals surface area contributed by atoms with E-state index in [-0.39, 0.29) is 22.4 Å². The summed E-state index contributed by atoms with van der Waals surface area (Å²) in [4.78, 5) is 13.1. The van der Waals surface area contributed by atoms with Crippen LogP contribution in [0.2, 0.25) is 5.02 Å². The van der Waals surface area contributed by atoms with Crippen molar-refractivity contribution in [1.82, 2.24) is 5.32 Å². The second kappa shape index (κ2) is 11.5. The van der Waals surface area contributed by atoms with E-state index in [2.05, 4.69) is 5.32 Å². The maximum atomic E-state index is 13.6. The standard InChI is InChI=1S/C26H29ClN2O5S/c1-5-34-22-11-8-20(9-12-22)19(3)28-26(30)17-29(24-16-21(27)10-15-25(24)33-4)35(31,32)23-13-6-18(2)7-14-23/h6-16,19H,5,17H2,1-4H3,(H,28,30)/t19-/m1/s1. The number of methoxy groups -OCH3 is 1. The van der Waals surface area contributed by atoms with Gasteiger partial charge in [0.1, 0.15) is 18.0 Å². The lowest BCUT2D eigenvalue weighted by Crippen LogP contribution is -2.41. The van der Waals surface area contributed by atoms with Crippen LogP contribution in [-0.4, -0.2) is 34.6 Å². The Morgan fingerprint density at radius 1 is 1.06 bits per heavy atom. The molecule has 0 fully saturated rings. The van der Waals surface area contributed by atoms with E-state index in [0.717, 1.165) is 21.2 Å². The Morgan fingerprint density at radius 3 is 2.31 bits per heavy atom. The zero-order valence-electron chi connectivity index (χ0n) is 20.1. The van der Waals surface area contributed by atoms with Crippen LogP contribution in [0, 0.1) is 6.92 Å². The summed E-state index contributed by atoms with van der Waals surface area (Å²) in [6.07, 6.45) is 0. The Labute approximate surface area is 211 Å². The van der Waals surface area contributed by atoms with Gasteiger partial charge in [-0.1, -0.05) is 41.4 Å². The number of benzene rings is 3. The lowest BCUT2D eigenvalue weighted by molar-refractivity contribution is -0.120. The van der Waals surface area contributed by atoms with Crippen molar-refractivity contribution in [3.63, 3.8) is 0 Å². The second-order valence-electron chi connectivity index (χ2n) is 7.93. The van der Waals surface area contributed by atoms with E-state index in [1.807, 2.05) is 45.0 Å². The SMILES string of the molecule is CCOc1ccc([C@@H](C)NC(=O)CN(c2cc(Cl)ccc2OC)S(=O)(=O)c2ccc(C)cc2)cc1. The molecule has 186 valence electrons. The number of amides is 1. The summed E-state index contributed by atoms with van der Waals surface area (Å²) < 4.78 is 39.2. The number of hydrogen-bond acceptors (Lipinski definition) is 5. The first-order valence-corrected chi connectivity index (χ1v) is 12.9. The van der Waals surface area contributed by atoms with Crippen LogP contribution < -0.4 is 19.1 Å². The number of carbonyl (C=O) groups excluding carboxylic acids is 1. The minimum absolute atomic E-state index is 0.0532. The molecule has 35 heavy (non-hydrogen) atoms. The van der Waals surface area contributed by atoms with E-state index < -0.39 is 22.5 Å². The summed E-state index contributed by atoms with van der Waals surface area (Å²) >= 11 is 6.18. The van der Waals surface area contributed by atoms with Gasteiger partial charge < -0.3 is 14.8 Å². The molecule has 9 heteroatoms. The van der Waals surface area contributed by atoms with Crippen LogP contribution in [0.5, 0.6) is 11.5 Å². The maximum absolute atomic E-state index is 13.6. The molecule has 1 N–H and O–H groups in total. The highest BCUT2D eigenvalue weighted by Crippen LogP contribution is 2.35. The first-order chi connectivity index (χ1) is 16.6. The van der Waals surface area contributed by atoms with Gasteiger partial charge in [0.05, 0.1) is 30.3 Å². The maximum Gasteiger partial charge on any atom is 0.264 e. The highest BCUT2D eigenvalue weighted by Gasteiger charge is 2.30. The van der Waals surface area contributed by atoms with Gasteiger partial charge >= 0.3 is 0 Å². The number of aryl methyl sites for hydroxylation is 1. The number of halogens is 1. The number of nitrogens with zero attached hydrogens (tertiary/aromatic N) is 1. The molecular weight excluding hydrogens is 488 g/mol. The Bertz CT molecular complexity index is 1260. The van der Waals surface area contributed by atoms with E-state index in [0.29, 0.717) is 11.6 Å². The fourth-order valence-corrected chi connectivity index (χ4v) is 5.11. The lowest BCUT2D eigenvalue weighted by Gasteiger charge is -2.26. The van der Waals surface area contributed by atoms with Crippen molar-refractivity contribution in [3.8, 4) is 11.5 Å². The lowest BCUT2D eigenvalue weighted by atomic mass is 10.1. The average Bonchev–Trinajstić information content (AvgIpc) is 2.83. The fraction of sp³-hybridized carbons (Fsp3) is 0.269. The molecule has 0 aliphatic rings. The summed E-state index contributed by atoms with van der Waals surface area (Å²) in [7, 11) is -2.68. The van der Waals surface area contributed by atoms with Crippen LogP contribution in [0.15, 0.2) is 71.6 Å². The van der Waals surface area contributed by atoms with Crippen molar-refractivity contribution >= 4 is 33.2 Å². The third kappa shape index (κ3) is 6.46. The van der Waals surface area contributed by atoms with Crippen LogP contribution >= 0.6 is 11.6 Å². The van der Waals surface area contributed by atoms with Crippen molar-refractivity contribution in [2.45, 2.75) is 31.7 Å². The van der Waals surface area contributed by atoms with Gasteiger partial charge in [-0.05, 0) is 68.8 Å². The van der Waals surface area contributed by atoms with Crippen LogP contribution in [0.25, 0.3) is 0 Å². The van der Waals surface area contributed by atoms with Gasteiger partial charge in [-0.3, -0.25) is 9.10 Å². The molecule has 0 aliphatic heterocycles. The van der Waals surface area contributed by atoms with Crippen molar-refractivity contribution in [2.24, 2.45) is 0 Å². The molecule has 1 amide bonds. The molecule has 3 aromatic rings. The van der Waals surface area contributed by atoms with Gasteiger partial charge in [-0.2, -0.15) is 0 Å². The molecule has 0 saturated carbocycles. The number of carbonyl (C=O) groups is 1. The van der Waals surface area contributed by atoms with Gasteiger partial charge in [0.25, 0.3) is 10.0 Å². The molecule has 3 rings (SSSR count). The Kier molecular flexibility index (Phi) is 8.64. The zero-order valence-corrected chi connectivity index (χ0v) is 21.7. The van der Waals surface area contributed by atoms with Gasteiger partial charge in [-0.15, -0.1) is 0 Å². The Hall–Kier alpha value is -3.23. The first kappa shape index (κ1) is 26.4. The molecule has 0 saturated heterocycles. The van der Waals surface area contributed by atoms with Gasteiger partial charge in [0, 0.05) is 5.02 Å². The Morgan fingerprint density at radius 2 is 1.71 bits per heavy atom. The number of rotatable bonds is 10. The molecule has 1 atom stereocenters. The average molecular weight is 517 g/mol. The third-order valence-electron chi connectivity index (χ3n) is 5.37. The van der Waals surface area contributed by atoms with Gasteiger partial charge in [0.2, 0.25) is 5.91 Å². The van der Waals surface area contributed by atoms with Crippen molar-refractivity contribution in [1.29, 1.82) is 0 Å². The van der Waals surface area contributed by atoms with Crippen LogP contribution in [0.1, 0.15) is 31.0 Å². The molecule has 0 unspecified atom stereocenters. The van der Waals surface area contributed by atoms with Crippen molar-refractivity contribution < 1.29 is 22.7 Å². The predicted octanol–water partition coefficient (Wildman–Crippen LogP) is 5.13. The largest absolute Gasteiger partial charge is 0.495 e. The number of ether oxygens (including phenoxy) is 2.